The number of urea groups is 1. The maximum Gasteiger partial charge on any atom is 0.322 e. The number of aliphatic hydroxyl groups is 1. The summed E-state index contributed by atoms with van der Waals surface area (Å²) in [4.78, 5) is 14.0. The zero-order valence-corrected chi connectivity index (χ0v) is 12.4. The van der Waals surface area contributed by atoms with Gasteiger partial charge < -0.3 is 20.1 Å². The predicted molar refractivity (Wildman–Crippen MR) is 80.2 cm³/mol. The maximum atomic E-state index is 12.3. The van der Waals surface area contributed by atoms with Gasteiger partial charge in [-0.15, -0.1) is 0 Å². The summed E-state index contributed by atoms with van der Waals surface area (Å²) in [5, 5.41) is 12.0. The van der Waals surface area contributed by atoms with Crippen molar-refractivity contribution in [2.24, 2.45) is 0 Å². The van der Waals surface area contributed by atoms with E-state index in [4.69, 9.17) is 9.84 Å². The van der Waals surface area contributed by atoms with Crippen LogP contribution in [-0.4, -0.2) is 42.3 Å². The Labute approximate surface area is 120 Å². The van der Waals surface area contributed by atoms with Crippen molar-refractivity contribution in [2.75, 3.05) is 25.6 Å². The quantitative estimate of drug-likeness (QED) is 0.807. The number of nitrogens with one attached hydrogen (secondary N) is 1. The predicted octanol–water partition coefficient (Wildman–Crippen LogP) is 2.71. The molecule has 0 aliphatic rings. The minimum atomic E-state index is -0.182. The summed E-state index contributed by atoms with van der Waals surface area (Å²) in [6.45, 7) is 4.39. The van der Waals surface area contributed by atoms with Crippen LogP contribution in [0.1, 0.15) is 26.7 Å². The number of aliphatic hydroxyl groups excluding tert-OH is 1. The van der Waals surface area contributed by atoms with E-state index in [9.17, 15) is 4.79 Å². The van der Waals surface area contributed by atoms with Gasteiger partial charge in [-0.05, 0) is 37.1 Å². The van der Waals surface area contributed by atoms with Crippen molar-refractivity contribution in [1.82, 2.24) is 4.90 Å². The SMILES string of the molecule is CCC(CC)N(CCO)C(=O)Nc1ccc(OC)cc1. The molecule has 1 aromatic carbocycles. The van der Waals surface area contributed by atoms with Crippen LogP contribution in [0.4, 0.5) is 10.5 Å². The van der Waals surface area contributed by atoms with Gasteiger partial charge in [0.1, 0.15) is 5.75 Å². The summed E-state index contributed by atoms with van der Waals surface area (Å²) in [6, 6.07) is 7.13. The van der Waals surface area contributed by atoms with Gasteiger partial charge in [0.2, 0.25) is 0 Å². The lowest BCUT2D eigenvalue weighted by molar-refractivity contribution is 0.158. The van der Waals surface area contributed by atoms with E-state index in [-0.39, 0.29) is 18.7 Å². The van der Waals surface area contributed by atoms with Gasteiger partial charge in [0.15, 0.2) is 0 Å². The molecule has 0 aromatic heterocycles. The normalized spacial score (nSPS) is 10.4. The van der Waals surface area contributed by atoms with Gasteiger partial charge in [0, 0.05) is 18.3 Å². The molecule has 0 atom stereocenters. The topological polar surface area (TPSA) is 61.8 Å². The molecule has 0 saturated heterocycles. The maximum absolute atomic E-state index is 12.3. The summed E-state index contributed by atoms with van der Waals surface area (Å²) in [7, 11) is 1.60. The van der Waals surface area contributed by atoms with E-state index < -0.39 is 0 Å². The molecule has 0 unspecified atom stereocenters. The molecule has 1 aromatic rings. The summed E-state index contributed by atoms with van der Waals surface area (Å²) in [5.74, 6) is 0.746. The molecule has 1 rings (SSSR count). The van der Waals surface area contributed by atoms with Crippen LogP contribution < -0.4 is 10.1 Å². The van der Waals surface area contributed by atoms with Gasteiger partial charge in [-0.25, -0.2) is 4.79 Å². The van der Waals surface area contributed by atoms with Crippen LogP contribution in [0.15, 0.2) is 24.3 Å². The number of rotatable bonds is 7. The van der Waals surface area contributed by atoms with Crippen LogP contribution in [0, 0.1) is 0 Å². The van der Waals surface area contributed by atoms with Gasteiger partial charge in [0.25, 0.3) is 0 Å². The molecule has 5 nitrogen and oxygen atoms in total. The van der Waals surface area contributed by atoms with Crippen LogP contribution in [0.5, 0.6) is 5.75 Å². The van der Waals surface area contributed by atoms with Gasteiger partial charge in [-0.3, -0.25) is 0 Å². The van der Waals surface area contributed by atoms with Gasteiger partial charge in [-0.2, -0.15) is 0 Å². The first-order valence-electron chi connectivity index (χ1n) is 6.98. The van der Waals surface area contributed by atoms with Crippen LogP contribution in [0.25, 0.3) is 0 Å². The smallest absolute Gasteiger partial charge is 0.322 e. The monoisotopic (exact) mass is 280 g/mol. The fourth-order valence-electron chi connectivity index (χ4n) is 2.16. The third-order valence-corrected chi connectivity index (χ3v) is 3.33. The second-order valence-corrected chi connectivity index (χ2v) is 4.55. The lowest BCUT2D eigenvalue weighted by atomic mass is 10.1. The van der Waals surface area contributed by atoms with Gasteiger partial charge in [0.05, 0.1) is 13.7 Å². The number of amides is 2. The Kier molecular flexibility index (Phi) is 6.87. The second-order valence-electron chi connectivity index (χ2n) is 4.55. The first-order chi connectivity index (χ1) is 9.65. The molecule has 0 bridgehead atoms. The van der Waals surface area contributed by atoms with Crippen molar-refractivity contribution in [3.8, 4) is 5.75 Å². The third-order valence-electron chi connectivity index (χ3n) is 3.33. The molecule has 0 aliphatic heterocycles. The molecule has 5 heteroatoms. The van der Waals surface area contributed by atoms with Gasteiger partial charge >= 0.3 is 6.03 Å². The third kappa shape index (κ3) is 4.42. The first kappa shape index (κ1) is 16.3. The van der Waals surface area contributed by atoms with Crippen LogP contribution >= 0.6 is 0 Å². The number of hydrogen-bond acceptors (Lipinski definition) is 3. The number of carbonyl (C=O) groups excluding carboxylic acids is 1. The number of nitrogens with zero attached hydrogens (tertiary/aromatic N) is 1. The van der Waals surface area contributed by atoms with Crippen LogP contribution in [-0.2, 0) is 0 Å². The Balaban J connectivity index is 2.73. The summed E-state index contributed by atoms with van der Waals surface area (Å²) >= 11 is 0. The van der Waals surface area contributed by atoms with Crippen molar-refractivity contribution < 1.29 is 14.6 Å². The Morgan fingerprint density at radius 1 is 1.30 bits per heavy atom. The average molecular weight is 280 g/mol. The molecule has 0 spiro atoms. The van der Waals surface area contributed by atoms with E-state index in [1.807, 2.05) is 13.8 Å². The average Bonchev–Trinajstić information content (AvgIpc) is 2.48. The van der Waals surface area contributed by atoms with Crippen molar-refractivity contribution >= 4 is 11.7 Å². The molecular formula is C15H24N2O3. The van der Waals surface area contributed by atoms with E-state index in [0.717, 1.165) is 18.6 Å². The Bertz CT molecular complexity index is 402. The molecule has 2 amide bonds. The van der Waals surface area contributed by atoms with E-state index in [0.29, 0.717) is 12.2 Å². The molecule has 0 radical (unpaired) electrons. The van der Waals surface area contributed by atoms with Crippen molar-refractivity contribution in [1.29, 1.82) is 0 Å². The molecule has 0 saturated carbocycles. The number of carbonyl (C=O) groups is 1. The van der Waals surface area contributed by atoms with Crippen molar-refractivity contribution in [3.05, 3.63) is 24.3 Å². The molecular weight excluding hydrogens is 256 g/mol. The lowest BCUT2D eigenvalue weighted by Crippen LogP contribution is -2.44. The Hall–Kier alpha value is -1.75. The lowest BCUT2D eigenvalue weighted by Gasteiger charge is -2.30. The molecule has 0 heterocycles. The molecule has 0 fully saturated rings. The van der Waals surface area contributed by atoms with Crippen LogP contribution in [0.2, 0.25) is 0 Å². The fraction of sp³-hybridized carbons (Fsp3) is 0.533. The Morgan fingerprint density at radius 2 is 1.90 bits per heavy atom. The Morgan fingerprint density at radius 3 is 2.35 bits per heavy atom. The second kappa shape index (κ2) is 8.43. The first-order valence-corrected chi connectivity index (χ1v) is 6.98. The molecule has 0 aliphatic carbocycles. The number of ether oxygens (including phenoxy) is 1. The standard InChI is InChI=1S/C15H24N2O3/c1-4-13(5-2)17(10-11-18)15(19)16-12-6-8-14(20-3)9-7-12/h6-9,13,18H,4-5,10-11H2,1-3H3,(H,16,19). The number of anilines is 1. The van der Waals surface area contributed by atoms with E-state index in [2.05, 4.69) is 5.32 Å². The zero-order valence-electron chi connectivity index (χ0n) is 12.4. The van der Waals surface area contributed by atoms with Gasteiger partial charge in [-0.1, -0.05) is 13.8 Å². The number of benzene rings is 1. The minimum absolute atomic E-state index is 0.0352. The number of methoxy groups -OCH3 is 1. The number of hydrogen-bond donors (Lipinski definition) is 2. The largest absolute Gasteiger partial charge is 0.497 e. The highest BCUT2D eigenvalue weighted by Crippen LogP contribution is 2.16. The molecule has 20 heavy (non-hydrogen) atoms. The van der Waals surface area contributed by atoms with Crippen LogP contribution in [0.3, 0.4) is 0 Å². The fourth-order valence-corrected chi connectivity index (χ4v) is 2.16. The van der Waals surface area contributed by atoms with Crippen molar-refractivity contribution in [3.63, 3.8) is 0 Å². The highest BCUT2D eigenvalue weighted by molar-refractivity contribution is 5.89. The summed E-state index contributed by atoms with van der Waals surface area (Å²) in [5.41, 5.74) is 0.713. The molecule has 2 N–H and O–H groups in total. The highest BCUT2D eigenvalue weighted by atomic mass is 16.5. The van der Waals surface area contributed by atoms with E-state index in [1.165, 1.54) is 0 Å². The van der Waals surface area contributed by atoms with E-state index >= 15 is 0 Å². The van der Waals surface area contributed by atoms with Crippen molar-refractivity contribution in [2.45, 2.75) is 32.7 Å². The molecule has 112 valence electrons. The summed E-state index contributed by atoms with van der Waals surface area (Å²) < 4.78 is 5.08. The van der Waals surface area contributed by atoms with E-state index in [1.54, 1.807) is 36.3 Å². The minimum Gasteiger partial charge on any atom is -0.497 e. The zero-order chi connectivity index (χ0) is 15.0. The summed E-state index contributed by atoms with van der Waals surface area (Å²) in [6.07, 6.45) is 1.74. The highest BCUT2D eigenvalue weighted by Gasteiger charge is 2.20.